The number of allylic oxidation sites excluding steroid dienone is 2. The Kier molecular flexibility index (Phi) is 11.5. The van der Waals surface area contributed by atoms with Crippen molar-refractivity contribution in [1.82, 2.24) is 0 Å². The van der Waals surface area contributed by atoms with Gasteiger partial charge in [-0.3, -0.25) is 0 Å². The maximum atomic E-state index is 10.4. The van der Waals surface area contributed by atoms with Gasteiger partial charge in [0, 0.05) is 6.42 Å². The Morgan fingerprint density at radius 3 is 2.50 bits per heavy atom. The molecule has 0 spiro atoms. The van der Waals surface area contributed by atoms with Gasteiger partial charge in [-0.2, -0.15) is 0 Å². The van der Waals surface area contributed by atoms with Crippen molar-refractivity contribution in [3.63, 3.8) is 0 Å². The molecular weight excluding hydrogens is 368 g/mol. The third-order valence-electron chi connectivity index (χ3n) is 3.93. The van der Waals surface area contributed by atoms with Crippen LogP contribution in [-0.2, 0) is 9.47 Å². The zero-order valence-electron chi connectivity index (χ0n) is 15.7. The highest BCUT2D eigenvalue weighted by Gasteiger charge is 2.45. The molecule has 1 aliphatic heterocycles. The summed E-state index contributed by atoms with van der Waals surface area (Å²) in [6.45, 7) is 1.38. The minimum atomic E-state index is -1.60. The standard InChI is InChI=1S/C20H28O8/c1-2-3-4-5-8-11-15(14(23)10-7-6-9-12-21)27-20-19(26)18(25)17(24)16(13-22)28-20/h6-7,9,12,14-26H,2-3,10,13H2,1H3/b7-6+,12-9+/t14?,15?,16-,17-,18+,19-,20-/m1/s1. The molecule has 1 aliphatic rings. The second-order valence-electron chi connectivity index (χ2n) is 6.15. The van der Waals surface area contributed by atoms with E-state index in [1.54, 1.807) is 6.08 Å². The van der Waals surface area contributed by atoms with E-state index in [0.717, 1.165) is 12.7 Å². The Morgan fingerprint density at radius 1 is 1.11 bits per heavy atom. The summed E-state index contributed by atoms with van der Waals surface area (Å²) >= 11 is 0. The van der Waals surface area contributed by atoms with Crippen LogP contribution in [0, 0.1) is 23.7 Å². The number of ether oxygens (including phenoxy) is 2. The van der Waals surface area contributed by atoms with Crippen LogP contribution in [0.25, 0.3) is 0 Å². The predicted octanol–water partition coefficient (Wildman–Crippen LogP) is -0.643. The average molecular weight is 396 g/mol. The molecule has 0 aromatic heterocycles. The van der Waals surface area contributed by atoms with E-state index in [4.69, 9.17) is 14.6 Å². The van der Waals surface area contributed by atoms with Crippen molar-refractivity contribution in [1.29, 1.82) is 0 Å². The summed E-state index contributed by atoms with van der Waals surface area (Å²) in [7, 11) is 0. The fourth-order valence-corrected chi connectivity index (χ4v) is 2.35. The minimum Gasteiger partial charge on any atom is -0.516 e. The van der Waals surface area contributed by atoms with Gasteiger partial charge in [-0.15, -0.1) is 0 Å². The highest BCUT2D eigenvalue weighted by atomic mass is 16.7. The van der Waals surface area contributed by atoms with Gasteiger partial charge >= 0.3 is 0 Å². The zero-order valence-corrected chi connectivity index (χ0v) is 15.7. The quantitative estimate of drug-likeness (QED) is 0.181. The molecule has 1 heterocycles. The summed E-state index contributed by atoms with van der Waals surface area (Å²) in [4.78, 5) is 0. The summed E-state index contributed by atoms with van der Waals surface area (Å²) in [6, 6.07) is 0. The van der Waals surface area contributed by atoms with Crippen LogP contribution in [0.4, 0.5) is 0 Å². The molecule has 156 valence electrons. The lowest BCUT2D eigenvalue weighted by atomic mass is 9.99. The lowest BCUT2D eigenvalue weighted by Crippen LogP contribution is -2.60. The summed E-state index contributed by atoms with van der Waals surface area (Å²) in [5, 5.41) is 58.0. The Hall–Kier alpha value is -1.88. The molecule has 1 rings (SSSR count). The maximum absolute atomic E-state index is 10.4. The number of unbranched alkanes of at least 4 members (excludes halogenated alkanes) is 1. The van der Waals surface area contributed by atoms with E-state index in [1.807, 2.05) is 6.92 Å². The molecule has 0 aliphatic carbocycles. The van der Waals surface area contributed by atoms with Gasteiger partial charge in [-0.1, -0.05) is 30.9 Å². The van der Waals surface area contributed by atoms with Crippen LogP contribution in [0.5, 0.6) is 0 Å². The van der Waals surface area contributed by atoms with Crippen molar-refractivity contribution in [2.24, 2.45) is 0 Å². The molecule has 1 fully saturated rings. The second kappa shape index (κ2) is 13.3. The first-order chi connectivity index (χ1) is 13.5. The molecule has 8 nitrogen and oxygen atoms in total. The molecule has 0 aromatic rings. The Morgan fingerprint density at radius 2 is 1.86 bits per heavy atom. The average Bonchev–Trinajstić information content (AvgIpc) is 2.70. The van der Waals surface area contributed by atoms with Gasteiger partial charge in [-0.05, 0) is 30.8 Å². The number of aliphatic hydroxyl groups is 6. The van der Waals surface area contributed by atoms with Crippen molar-refractivity contribution >= 4 is 0 Å². The molecule has 7 atom stereocenters. The van der Waals surface area contributed by atoms with Crippen LogP contribution in [0.15, 0.2) is 24.5 Å². The van der Waals surface area contributed by atoms with Gasteiger partial charge in [0.2, 0.25) is 0 Å². The molecule has 0 aromatic carbocycles. The van der Waals surface area contributed by atoms with E-state index in [9.17, 15) is 25.5 Å². The molecule has 1 saturated heterocycles. The van der Waals surface area contributed by atoms with Crippen molar-refractivity contribution in [2.75, 3.05) is 6.61 Å². The molecule has 0 radical (unpaired) electrons. The monoisotopic (exact) mass is 396 g/mol. The number of hydrogen-bond acceptors (Lipinski definition) is 8. The Bertz CT molecular complexity index is 622. The summed E-state index contributed by atoms with van der Waals surface area (Å²) in [6.07, 6.45) is -2.56. The van der Waals surface area contributed by atoms with Crippen molar-refractivity contribution in [3.05, 3.63) is 24.5 Å². The molecule has 0 bridgehead atoms. The van der Waals surface area contributed by atoms with Gasteiger partial charge in [-0.25, -0.2) is 0 Å². The van der Waals surface area contributed by atoms with Gasteiger partial charge in [0.15, 0.2) is 6.29 Å². The Balaban J connectivity index is 2.92. The smallest absolute Gasteiger partial charge is 0.188 e. The highest BCUT2D eigenvalue weighted by molar-refractivity contribution is 5.28. The molecular formula is C20H28O8. The van der Waals surface area contributed by atoms with E-state index in [1.165, 1.54) is 12.2 Å². The first kappa shape index (κ1) is 24.2. The molecule has 28 heavy (non-hydrogen) atoms. The van der Waals surface area contributed by atoms with Crippen LogP contribution >= 0.6 is 0 Å². The van der Waals surface area contributed by atoms with Crippen molar-refractivity contribution in [3.8, 4) is 23.7 Å². The number of hydrogen-bond donors (Lipinski definition) is 6. The van der Waals surface area contributed by atoms with Crippen molar-refractivity contribution in [2.45, 2.75) is 69.1 Å². The van der Waals surface area contributed by atoms with Gasteiger partial charge < -0.3 is 40.1 Å². The first-order valence-electron chi connectivity index (χ1n) is 9.04. The fraction of sp³-hybridized carbons (Fsp3) is 0.600. The summed E-state index contributed by atoms with van der Waals surface area (Å²) in [5.41, 5.74) is 0. The van der Waals surface area contributed by atoms with E-state index in [0.29, 0.717) is 6.42 Å². The zero-order chi connectivity index (χ0) is 20.9. The normalized spacial score (nSPS) is 29.7. The molecule has 0 amide bonds. The van der Waals surface area contributed by atoms with E-state index in [-0.39, 0.29) is 6.42 Å². The molecule has 0 saturated carbocycles. The Labute approximate surface area is 164 Å². The third-order valence-corrected chi connectivity index (χ3v) is 3.93. The minimum absolute atomic E-state index is 0.115. The van der Waals surface area contributed by atoms with E-state index < -0.39 is 49.5 Å². The lowest BCUT2D eigenvalue weighted by Gasteiger charge is -2.40. The van der Waals surface area contributed by atoms with Crippen molar-refractivity contribution < 1.29 is 40.1 Å². The van der Waals surface area contributed by atoms with E-state index >= 15 is 0 Å². The maximum Gasteiger partial charge on any atom is 0.188 e. The lowest BCUT2D eigenvalue weighted by molar-refractivity contribution is -0.311. The first-order valence-corrected chi connectivity index (χ1v) is 9.04. The van der Waals surface area contributed by atoms with E-state index in [2.05, 4.69) is 23.7 Å². The summed E-state index contributed by atoms with van der Waals surface area (Å²) < 4.78 is 10.8. The van der Waals surface area contributed by atoms with Crippen LogP contribution in [0.3, 0.4) is 0 Å². The molecule has 8 heteroatoms. The largest absolute Gasteiger partial charge is 0.516 e. The molecule has 6 N–H and O–H groups in total. The van der Waals surface area contributed by atoms with Crippen LogP contribution in [-0.4, -0.2) is 80.2 Å². The van der Waals surface area contributed by atoms with Crippen LogP contribution < -0.4 is 0 Å². The van der Waals surface area contributed by atoms with Gasteiger partial charge in [0.05, 0.1) is 19.0 Å². The van der Waals surface area contributed by atoms with Gasteiger partial charge in [0.25, 0.3) is 0 Å². The fourth-order valence-electron chi connectivity index (χ4n) is 2.35. The number of rotatable bonds is 8. The third kappa shape index (κ3) is 7.63. The second-order valence-corrected chi connectivity index (χ2v) is 6.15. The SMILES string of the molecule is CCCC#CC#CC(O[C@@H]1O[C@H](CO)[C@@H](O)[C@H](O)[C@H]1O)C(O)C/C=C/C=C/O. The summed E-state index contributed by atoms with van der Waals surface area (Å²) in [5.74, 6) is 10.7. The van der Waals surface area contributed by atoms with Crippen LogP contribution in [0.1, 0.15) is 26.2 Å². The topological polar surface area (TPSA) is 140 Å². The number of aliphatic hydroxyl groups excluding tert-OH is 6. The highest BCUT2D eigenvalue weighted by Crippen LogP contribution is 2.23. The van der Waals surface area contributed by atoms with Crippen LogP contribution in [0.2, 0.25) is 0 Å². The molecule has 2 unspecified atom stereocenters. The van der Waals surface area contributed by atoms with Gasteiger partial charge in [0.1, 0.15) is 30.5 Å². The predicted molar refractivity (Wildman–Crippen MR) is 101 cm³/mol.